The summed E-state index contributed by atoms with van der Waals surface area (Å²) in [5.74, 6) is 0.337. The van der Waals surface area contributed by atoms with Crippen LogP contribution in [0.3, 0.4) is 0 Å². The number of carbonyl (C=O) groups excluding carboxylic acids is 1. The Morgan fingerprint density at radius 3 is 2.59 bits per heavy atom. The molecule has 1 saturated carbocycles. The van der Waals surface area contributed by atoms with Crippen molar-refractivity contribution in [3.8, 4) is 11.3 Å². The summed E-state index contributed by atoms with van der Waals surface area (Å²) in [5.41, 5.74) is 9.38. The second kappa shape index (κ2) is 6.95. The Morgan fingerprint density at radius 2 is 1.85 bits per heavy atom. The molecule has 136 valence electrons. The molecule has 0 spiro atoms. The summed E-state index contributed by atoms with van der Waals surface area (Å²) < 4.78 is 0. The molecule has 4 nitrogen and oxygen atoms in total. The fraction of sp³-hybridized carbons (Fsp3) is 0.261. The molecule has 1 aliphatic rings. The monoisotopic (exact) mass is 357 g/mol. The number of hydrogen-bond acceptors (Lipinski definition) is 3. The van der Waals surface area contributed by atoms with Crippen LogP contribution in [0.25, 0.3) is 22.2 Å². The van der Waals surface area contributed by atoms with Crippen molar-refractivity contribution in [3.05, 3.63) is 65.2 Å². The van der Waals surface area contributed by atoms with Gasteiger partial charge in [0.15, 0.2) is 0 Å². The van der Waals surface area contributed by atoms with Gasteiger partial charge in [-0.1, -0.05) is 30.3 Å². The number of pyridine rings is 1. The number of nitrogens with zero attached hydrogens (tertiary/aromatic N) is 2. The Kier molecular flexibility index (Phi) is 4.48. The summed E-state index contributed by atoms with van der Waals surface area (Å²) in [6.45, 7) is 6.15. The number of para-hydroxylation sites is 1. The van der Waals surface area contributed by atoms with Gasteiger partial charge >= 0.3 is 0 Å². The van der Waals surface area contributed by atoms with Crippen LogP contribution in [0.5, 0.6) is 0 Å². The van der Waals surface area contributed by atoms with Crippen LogP contribution in [-0.4, -0.2) is 16.6 Å². The third-order valence-corrected chi connectivity index (χ3v) is 5.27. The van der Waals surface area contributed by atoms with Gasteiger partial charge in [-0.2, -0.15) is 5.10 Å². The second-order valence-electron chi connectivity index (χ2n) is 7.34. The summed E-state index contributed by atoms with van der Waals surface area (Å²) in [4.78, 5) is 17.6. The number of fused-ring (bicyclic) bond motifs is 1. The molecular weight excluding hydrogens is 334 g/mol. The number of aromatic nitrogens is 1. The van der Waals surface area contributed by atoms with Crippen molar-refractivity contribution < 1.29 is 4.79 Å². The molecule has 1 aliphatic carbocycles. The van der Waals surface area contributed by atoms with E-state index < -0.39 is 0 Å². The molecule has 0 atom stereocenters. The Labute approximate surface area is 159 Å². The van der Waals surface area contributed by atoms with Crippen LogP contribution in [0, 0.1) is 19.8 Å². The van der Waals surface area contributed by atoms with Crippen LogP contribution in [0.1, 0.15) is 41.3 Å². The SMILES string of the molecule is CC(=NNC(=O)c1cc(-c2ccc(C)c(C)c2)nc2ccccc12)C1CC1. The predicted octanol–water partition coefficient (Wildman–Crippen LogP) is 5.03. The fourth-order valence-corrected chi connectivity index (χ4v) is 3.20. The van der Waals surface area contributed by atoms with Gasteiger partial charge in [-0.15, -0.1) is 0 Å². The third-order valence-electron chi connectivity index (χ3n) is 5.27. The van der Waals surface area contributed by atoms with Crippen LogP contribution >= 0.6 is 0 Å². The normalized spacial score (nSPS) is 14.4. The Morgan fingerprint density at radius 1 is 1.07 bits per heavy atom. The molecule has 0 saturated heterocycles. The van der Waals surface area contributed by atoms with Crippen LogP contribution in [0.15, 0.2) is 53.6 Å². The molecule has 1 amide bonds. The highest BCUT2D eigenvalue weighted by molar-refractivity contribution is 6.07. The van der Waals surface area contributed by atoms with Crippen molar-refractivity contribution in [2.75, 3.05) is 0 Å². The smallest absolute Gasteiger partial charge is 0.267 e. The van der Waals surface area contributed by atoms with Crippen molar-refractivity contribution in [2.45, 2.75) is 33.6 Å². The molecular formula is C23H23N3O. The van der Waals surface area contributed by atoms with E-state index in [-0.39, 0.29) is 5.91 Å². The molecule has 0 radical (unpaired) electrons. The van der Waals surface area contributed by atoms with Gasteiger partial charge in [-0.25, -0.2) is 10.4 Å². The molecule has 0 unspecified atom stereocenters. The van der Waals surface area contributed by atoms with E-state index >= 15 is 0 Å². The lowest BCUT2D eigenvalue weighted by Gasteiger charge is -2.10. The lowest BCUT2D eigenvalue weighted by Crippen LogP contribution is -2.20. The van der Waals surface area contributed by atoms with Crippen molar-refractivity contribution in [2.24, 2.45) is 11.0 Å². The Bertz CT molecular complexity index is 1060. The zero-order chi connectivity index (χ0) is 19.0. The average Bonchev–Trinajstić information content (AvgIpc) is 3.52. The number of hydrazone groups is 1. The van der Waals surface area contributed by atoms with E-state index in [1.54, 1.807) is 0 Å². The predicted molar refractivity (Wildman–Crippen MR) is 110 cm³/mol. The van der Waals surface area contributed by atoms with Crippen LogP contribution in [0.4, 0.5) is 0 Å². The molecule has 4 rings (SSSR count). The highest BCUT2D eigenvalue weighted by atomic mass is 16.2. The van der Waals surface area contributed by atoms with Crippen LogP contribution in [0.2, 0.25) is 0 Å². The van der Waals surface area contributed by atoms with E-state index in [1.165, 1.54) is 24.0 Å². The van der Waals surface area contributed by atoms with Gasteiger partial charge < -0.3 is 0 Å². The van der Waals surface area contributed by atoms with Gasteiger partial charge in [0.1, 0.15) is 0 Å². The Balaban J connectivity index is 1.77. The number of amides is 1. The van der Waals surface area contributed by atoms with E-state index in [1.807, 2.05) is 37.3 Å². The summed E-state index contributed by atoms with van der Waals surface area (Å²) in [5, 5.41) is 5.13. The molecule has 1 N–H and O–H groups in total. The molecule has 2 aromatic carbocycles. The number of benzene rings is 2. The fourth-order valence-electron chi connectivity index (χ4n) is 3.20. The van der Waals surface area contributed by atoms with Crippen molar-refractivity contribution in [1.82, 2.24) is 10.4 Å². The van der Waals surface area contributed by atoms with Gasteiger partial charge in [-0.05, 0) is 68.9 Å². The minimum Gasteiger partial charge on any atom is -0.267 e. The van der Waals surface area contributed by atoms with E-state index in [4.69, 9.17) is 4.98 Å². The van der Waals surface area contributed by atoms with Crippen molar-refractivity contribution in [1.29, 1.82) is 0 Å². The number of nitrogens with one attached hydrogen (secondary N) is 1. The minimum absolute atomic E-state index is 0.196. The standard InChI is InChI=1S/C23H23N3O/c1-14-8-9-18(12-15(14)2)22-13-20(19-6-4-5-7-21(19)24-22)23(27)26-25-16(3)17-10-11-17/h4-9,12-13,17H,10-11H2,1-3H3,(H,26,27). The topological polar surface area (TPSA) is 54.4 Å². The third kappa shape index (κ3) is 3.61. The molecule has 27 heavy (non-hydrogen) atoms. The van der Waals surface area contributed by atoms with Crippen LogP contribution in [-0.2, 0) is 0 Å². The van der Waals surface area contributed by atoms with Gasteiger partial charge in [0.25, 0.3) is 5.91 Å². The van der Waals surface area contributed by atoms with E-state index in [9.17, 15) is 4.79 Å². The molecule has 0 aliphatic heterocycles. The average molecular weight is 357 g/mol. The number of rotatable bonds is 4. The van der Waals surface area contributed by atoms with Crippen molar-refractivity contribution in [3.63, 3.8) is 0 Å². The molecule has 1 heterocycles. The summed E-state index contributed by atoms with van der Waals surface area (Å²) in [6, 6.07) is 15.9. The van der Waals surface area contributed by atoms with Gasteiger partial charge in [0, 0.05) is 16.7 Å². The first-order valence-corrected chi connectivity index (χ1v) is 9.35. The lowest BCUT2D eigenvalue weighted by molar-refractivity contribution is 0.0956. The second-order valence-corrected chi connectivity index (χ2v) is 7.34. The van der Waals surface area contributed by atoms with E-state index in [2.05, 4.69) is 42.6 Å². The number of carbonyl (C=O) groups is 1. The maximum atomic E-state index is 12.9. The quantitative estimate of drug-likeness (QED) is 0.526. The Hall–Kier alpha value is -3.01. The van der Waals surface area contributed by atoms with E-state index in [0.29, 0.717) is 11.5 Å². The summed E-state index contributed by atoms with van der Waals surface area (Å²) in [7, 11) is 0. The molecule has 1 fully saturated rings. The van der Waals surface area contributed by atoms with Gasteiger partial charge in [0.05, 0.1) is 16.8 Å². The zero-order valence-electron chi connectivity index (χ0n) is 15.9. The molecule has 4 heteroatoms. The molecule has 0 bridgehead atoms. The molecule has 3 aromatic rings. The largest absolute Gasteiger partial charge is 0.272 e. The first kappa shape index (κ1) is 17.4. The maximum Gasteiger partial charge on any atom is 0.272 e. The highest BCUT2D eigenvalue weighted by Gasteiger charge is 2.24. The number of hydrogen-bond donors (Lipinski definition) is 1. The highest BCUT2D eigenvalue weighted by Crippen LogP contribution is 2.30. The lowest BCUT2D eigenvalue weighted by atomic mass is 10.0. The molecule has 1 aromatic heterocycles. The van der Waals surface area contributed by atoms with Gasteiger partial charge in [-0.3, -0.25) is 4.79 Å². The number of aryl methyl sites for hydroxylation is 2. The summed E-state index contributed by atoms with van der Waals surface area (Å²) in [6.07, 6.45) is 2.33. The van der Waals surface area contributed by atoms with Crippen molar-refractivity contribution >= 4 is 22.5 Å². The first-order chi connectivity index (χ1) is 13.0. The first-order valence-electron chi connectivity index (χ1n) is 9.35. The maximum absolute atomic E-state index is 12.9. The minimum atomic E-state index is -0.196. The zero-order valence-corrected chi connectivity index (χ0v) is 15.9. The van der Waals surface area contributed by atoms with Crippen LogP contribution < -0.4 is 5.43 Å². The van der Waals surface area contributed by atoms with E-state index in [0.717, 1.165) is 27.9 Å². The summed E-state index contributed by atoms with van der Waals surface area (Å²) >= 11 is 0. The van der Waals surface area contributed by atoms with Gasteiger partial charge in [0.2, 0.25) is 0 Å².